The van der Waals surface area contributed by atoms with Crippen molar-refractivity contribution < 1.29 is 5.11 Å². The van der Waals surface area contributed by atoms with Crippen LogP contribution < -0.4 is 5.32 Å². The Morgan fingerprint density at radius 1 is 0.500 bits per heavy atom. The van der Waals surface area contributed by atoms with Crippen molar-refractivity contribution in [2.24, 2.45) is 0 Å². The summed E-state index contributed by atoms with van der Waals surface area (Å²) in [5.41, 5.74) is 0. The molecule has 0 unspecified atom stereocenters. The van der Waals surface area contributed by atoms with Gasteiger partial charge in [0.1, 0.15) is 0 Å². The molecule has 0 fully saturated rings. The topological polar surface area (TPSA) is 32.3 Å². The average Bonchev–Trinajstić information content (AvgIpc) is 2.52. The van der Waals surface area contributed by atoms with Crippen LogP contribution >= 0.6 is 0 Å². The molecule has 0 amide bonds. The first-order valence-electron chi connectivity index (χ1n) is 10.1. The van der Waals surface area contributed by atoms with Gasteiger partial charge in [-0.15, -0.1) is 0 Å². The predicted molar refractivity (Wildman–Crippen MR) is 102 cm³/mol. The molecule has 2 N–H and O–H groups in total. The summed E-state index contributed by atoms with van der Waals surface area (Å²) >= 11 is 0. The fourth-order valence-corrected chi connectivity index (χ4v) is 2.54. The molecular weight excluding hydrogens is 270 g/mol. The molecule has 0 aromatic rings. The molecule has 0 aliphatic rings. The zero-order valence-electron chi connectivity index (χ0n) is 16.0. The third-order valence-electron chi connectivity index (χ3n) is 3.91. The maximum Gasteiger partial charge on any atom is 0.0402 e. The highest BCUT2D eigenvalue weighted by Crippen LogP contribution is 2.07. The number of aliphatic hydroxyl groups excluding tert-OH is 1. The molecule has 0 radical (unpaired) electrons. The van der Waals surface area contributed by atoms with Crippen molar-refractivity contribution in [1.29, 1.82) is 0 Å². The first-order chi connectivity index (χ1) is 10.8. The van der Waals surface area contributed by atoms with E-state index in [1.807, 2.05) is 0 Å². The Morgan fingerprint density at radius 2 is 0.773 bits per heavy atom. The fraction of sp³-hybridized carbons (Fsp3) is 1.00. The lowest BCUT2D eigenvalue weighted by Gasteiger charge is -2.05. The Hall–Kier alpha value is -0.0800. The molecule has 0 aromatic carbocycles. The summed E-state index contributed by atoms with van der Waals surface area (Å²) in [5, 5.41) is 11.2. The number of hydrogen-bond acceptors (Lipinski definition) is 2. The first kappa shape index (κ1) is 24.2. The molecule has 0 spiro atoms. The molecule has 0 aromatic heterocycles. The lowest BCUT2D eigenvalue weighted by molar-refractivity contribution is 0.318. The van der Waals surface area contributed by atoms with E-state index in [-0.39, 0.29) is 6.61 Å². The standard InChI is InChI=1S/C18H39N.C2H6O/c1-3-5-7-9-11-13-15-17-19-18-16-14-12-10-8-6-4-2;1-2-3/h19H,3-18H2,1-2H3;3H,2H2,1H3. The maximum absolute atomic E-state index is 7.57. The van der Waals surface area contributed by atoms with Gasteiger partial charge in [0.15, 0.2) is 0 Å². The minimum atomic E-state index is 0.250. The normalized spacial score (nSPS) is 10.4. The van der Waals surface area contributed by atoms with Gasteiger partial charge in [-0.25, -0.2) is 0 Å². The van der Waals surface area contributed by atoms with Gasteiger partial charge in [-0.05, 0) is 32.9 Å². The average molecular weight is 316 g/mol. The predicted octanol–water partition coefficient (Wildman–Crippen LogP) is 6.08. The van der Waals surface area contributed by atoms with Crippen molar-refractivity contribution in [1.82, 2.24) is 5.32 Å². The summed E-state index contributed by atoms with van der Waals surface area (Å²) < 4.78 is 0. The quantitative estimate of drug-likeness (QED) is 0.338. The van der Waals surface area contributed by atoms with E-state index in [1.165, 1.54) is 103 Å². The van der Waals surface area contributed by atoms with Gasteiger partial charge in [0, 0.05) is 6.61 Å². The van der Waals surface area contributed by atoms with Crippen molar-refractivity contribution in [3.63, 3.8) is 0 Å². The number of unbranched alkanes of at least 4 members (excludes halogenated alkanes) is 12. The molecule has 136 valence electrons. The van der Waals surface area contributed by atoms with E-state index < -0.39 is 0 Å². The lowest BCUT2D eigenvalue weighted by atomic mass is 10.1. The van der Waals surface area contributed by atoms with E-state index in [0.29, 0.717) is 0 Å². The van der Waals surface area contributed by atoms with E-state index in [2.05, 4.69) is 19.2 Å². The molecule has 2 heteroatoms. The summed E-state index contributed by atoms with van der Waals surface area (Å²) in [7, 11) is 0. The third kappa shape index (κ3) is 28.1. The van der Waals surface area contributed by atoms with Gasteiger partial charge < -0.3 is 10.4 Å². The van der Waals surface area contributed by atoms with E-state index in [4.69, 9.17) is 5.11 Å². The molecule has 0 aliphatic carbocycles. The summed E-state index contributed by atoms with van der Waals surface area (Å²) in [4.78, 5) is 0. The highest BCUT2D eigenvalue weighted by molar-refractivity contribution is 4.51. The zero-order valence-corrected chi connectivity index (χ0v) is 16.0. The van der Waals surface area contributed by atoms with Gasteiger partial charge in [0.05, 0.1) is 0 Å². The minimum absolute atomic E-state index is 0.250. The van der Waals surface area contributed by atoms with E-state index in [1.54, 1.807) is 6.92 Å². The van der Waals surface area contributed by atoms with Crippen LogP contribution in [0.4, 0.5) is 0 Å². The fourth-order valence-electron chi connectivity index (χ4n) is 2.54. The smallest absolute Gasteiger partial charge is 0.0402 e. The Kier molecular flexibility index (Phi) is 28.4. The largest absolute Gasteiger partial charge is 0.397 e. The van der Waals surface area contributed by atoms with Gasteiger partial charge in [-0.1, -0.05) is 90.9 Å². The van der Waals surface area contributed by atoms with Crippen molar-refractivity contribution in [3.05, 3.63) is 0 Å². The van der Waals surface area contributed by atoms with Crippen molar-refractivity contribution >= 4 is 0 Å². The van der Waals surface area contributed by atoms with E-state index in [0.717, 1.165) is 0 Å². The molecule has 0 rings (SSSR count). The molecule has 0 aliphatic heterocycles. The first-order valence-corrected chi connectivity index (χ1v) is 10.1. The molecule has 0 bridgehead atoms. The van der Waals surface area contributed by atoms with Crippen LogP contribution in [0.15, 0.2) is 0 Å². The van der Waals surface area contributed by atoms with Crippen LogP contribution in [-0.2, 0) is 0 Å². The summed E-state index contributed by atoms with van der Waals surface area (Å²) in [6.07, 6.45) is 19.9. The number of rotatable bonds is 16. The molecule has 0 saturated carbocycles. The number of aliphatic hydroxyl groups is 1. The SMILES string of the molecule is CCCCCCCCCNCCCCCCCCC.CCO. The summed E-state index contributed by atoms with van der Waals surface area (Å²) in [6.45, 7) is 8.98. The Labute approximate surface area is 141 Å². The van der Waals surface area contributed by atoms with Crippen LogP contribution in [0.1, 0.15) is 111 Å². The molecule has 0 saturated heterocycles. The minimum Gasteiger partial charge on any atom is -0.397 e. The van der Waals surface area contributed by atoms with Gasteiger partial charge in [0.2, 0.25) is 0 Å². The van der Waals surface area contributed by atoms with Crippen LogP contribution in [0.2, 0.25) is 0 Å². The van der Waals surface area contributed by atoms with E-state index >= 15 is 0 Å². The van der Waals surface area contributed by atoms with E-state index in [9.17, 15) is 0 Å². The Balaban J connectivity index is 0. The highest BCUT2D eigenvalue weighted by Gasteiger charge is 1.93. The Bertz CT molecular complexity index is 146. The number of nitrogens with one attached hydrogen (secondary N) is 1. The zero-order chi connectivity index (χ0) is 16.7. The lowest BCUT2D eigenvalue weighted by Crippen LogP contribution is -2.16. The van der Waals surface area contributed by atoms with Gasteiger partial charge >= 0.3 is 0 Å². The number of hydrogen-bond donors (Lipinski definition) is 2. The highest BCUT2D eigenvalue weighted by atomic mass is 16.2. The molecule has 2 nitrogen and oxygen atoms in total. The second-order valence-corrected chi connectivity index (χ2v) is 6.31. The van der Waals surface area contributed by atoms with Gasteiger partial charge in [-0.2, -0.15) is 0 Å². The molecule has 22 heavy (non-hydrogen) atoms. The van der Waals surface area contributed by atoms with Crippen molar-refractivity contribution in [2.75, 3.05) is 19.7 Å². The van der Waals surface area contributed by atoms with Crippen LogP contribution in [-0.4, -0.2) is 24.8 Å². The second-order valence-electron chi connectivity index (χ2n) is 6.31. The monoisotopic (exact) mass is 315 g/mol. The van der Waals surface area contributed by atoms with Crippen molar-refractivity contribution in [3.8, 4) is 0 Å². The van der Waals surface area contributed by atoms with Crippen molar-refractivity contribution in [2.45, 2.75) is 111 Å². The summed E-state index contributed by atoms with van der Waals surface area (Å²) in [5.74, 6) is 0. The Morgan fingerprint density at radius 3 is 1.09 bits per heavy atom. The third-order valence-corrected chi connectivity index (χ3v) is 3.91. The van der Waals surface area contributed by atoms with Crippen LogP contribution in [0.3, 0.4) is 0 Å². The van der Waals surface area contributed by atoms with Crippen LogP contribution in [0.25, 0.3) is 0 Å². The summed E-state index contributed by atoms with van der Waals surface area (Å²) in [6, 6.07) is 0. The molecule has 0 atom stereocenters. The molecule has 0 heterocycles. The second kappa shape index (κ2) is 25.9. The van der Waals surface area contributed by atoms with Crippen LogP contribution in [0, 0.1) is 0 Å². The molecular formula is C20H45NO. The van der Waals surface area contributed by atoms with Gasteiger partial charge in [-0.3, -0.25) is 0 Å². The van der Waals surface area contributed by atoms with Gasteiger partial charge in [0.25, 0.3) is 0 Å². The van der Waals surface area contributed by atoms with Crippen LogP contribution in [0.5, 0.6) is 0 Å². The maximum atomic E-state index is 7.57.